The van der Waals surface area contributed by atoms with Crippen molar-refractivity contribution in [3.05, 3.63) is 0 Å². The molecule has 0 aliphatic heterocycles. The van der Waals surface area contributed by atoms with Crippen LogP contribution in [-0.2, 0) is 9.84 Å². The smallest absolute Gasteiger partial charge is 0.317 e. The Balaban J connectivity index is 4.05. The van der Waals surface area contributed by atoms with Crippen LogP contribution in [0.4, 0.5) is 4.79 Å². The molecule has 0 spiro atoms. The Labute approximate surface area is 72.7 Å². The molecule has 1 N–H and O–H groups in total. The van der Waals surface area contributed by atoms with E-state index in [0.717, 1.165) is 11.2 Å². The summed E-state index contributed by atoms with van der Waals surface area (Å²) in [6.07, 6.45) is 1.09. The van der Waals surface area contributed by atoms with Crippen LogP contribution in [0.1, 0.15) is 6.92 Å². The van der Waals surface area contributed by atoms with Gasteiger partial charge in [-0.05, 0) is 6.92 Å². The first kappa shape index (κ1) is 11.2. The van der Waals surface area contributed by atoms with Crippen molar-refractivity contribution in [2.24, 2.45) is 0 Å². The molecule has 6 heteroatoms. The van der Waals surface area contributed by atoms with E-state index in [1.165, 1.54) is 7.05 Å². The fraction of sp³-hybridized carbons (Fsp3) is 0.833. The average molecular weight is 194 g/mol. The van der Waals surface area contributed by atoms with Crippen LogP contribution in [0.25, 0.3) is 0 Å². The molecule has 0 aromatic rings. The third-order valence-corrected chi connectivity index (χ3v) is 1.96. The Morgan fingerprint density at radius 1 is 1.50 bits per heavy atom. The summed E-state index contributed by atoms with van der Waals surface area (Å²) >= 11 is 0. The lowest BCUT2D eigenvalue weighted by molar-refractivity contribution is 0.215. The lowest BCUT2D eigenvalue weighted by atomic mass is 10.7. The van der Waals surface area contributed by atoms with E-state index in [0.29, 0.717) is 6.54 Å². The summed E-state index contributed by atoms with van der Waals surface area (Å²) < 4.78 is 21.5. The number of carbonyl (C=O) groups excluding carboxylic acids is 1. The molecule has 0 bridgehead atoms. The molecule has 72 valence electrons. The summed E-state index contributed by atoms with van der Waals surface area (Å²) in [4.78, 5) is 12.1. The van der Waals surface area contributed by atoms with Crippen molar-refractivity contribution < 1.29 is 13.2 Å². The van der Waals surface area contributed by atoms with E-state index < -0.39 is 9.84 Å². The minimum Gasteiger partial charge on any atom is -0.338 e. The van der Waals surface area contributed by atoms with Crippen molar-refractivity contribution in [3.8, 4) is 0 Å². The fourth-order valence-electron chi connectivity index (χ4n) is 0.697. The third kappa shape index (κ3) is 4.95. The van der Waals surface area contributed by atoms with Crippen LogP contribution in [0, 0.1) is 0 Å². The predicted octanol–water partition coefficient (Wildman–Crippen LogP) is -0.350. The number of nitrogens with one attached hydrogen (secondary N) is 1. The molecule has 5 nitrogen and oxygen atoms in total. The van der Waals surface area contributed by atoms with E-state index in [1.54, 1.807) is 6.92 Å². The summed E-state index contributed by atoms with van der Waals surface area (Å²) in [5, 5.41) is 2.49. The van der Waals surface area contributed by atoms with Gasteiger partial charge in [0.05, 0.1) is 0 Å². The molecule has 0 aromatic heterocycles. The van der Waals surface area contributed by atoms with Gasteiger partial charge in [-0.1, -0.05) is 0 Å². The maximum atomic E-state index is 11.0. The summed E-state index contributed by atoms with van der Waals surface area (Å²) in [7, 11) is -1.69. The number of rotatable bonds is 3. The van der Waals surface area contributed by atoms with Crippen LogP contribution in [0.5, 0.6) is 0 Å². The zero-order valence-electron chi connectivity index (χ0n) is 7.49. The first-order valence-electron chi connectivity index (χ1n) is 3.53. The van der Waals surface area contributed by atoms with Gasteiger partial charge in [-0.15, -0.1) is 0 Å². The molecule has 0 heterocycles. The topological polar surface area (TPSA) is 66.5 Å². The minimum absolute atomic E-state index is 0.251. The van der Waals surface area contributed by atoms with Crippen molar-refractivity contribution >= 4 is 15.9 Å². The molecule has 0 atom stereocenters. The molecular weight excluding hydrogens is 180 g/mol. The predicted molar refractivity (Wildman–Crippen MR) is 46.5 cm³/mol. The van der Waals surface area contributed by atoms with Gasteiger partial charge in [-0.2, -0.15) is 0 Å². The largest absolute Gasteiger partial charge is 0.338 e. The lowest BCUT2D eigenvalue weighted by Crippen LogP contribution is -2.39. The van der Waals surface area contributed by atoms with Crippen molar-refractivity contribution in [1.82, 2.24) is 10.2 Å². The van der Waals surface area contributed by atoms with Gasteiger partial charge in [0.15, 0.2) is 9.84 Å². The standard InChI is InChI=1S/C6H14N2O3S/c1-4-7-6(9)8(2)5-12(3,10)11/h4-5H2,1-3H3,(H,7,9). The molecule has 0 aromatic carbocycles. The number of nitrogens with zero attached hydrogens (tertiary/aromatic N) is 1. The SMILES string of the molecule is CCNC(=O)N(C)CS(C)(=O)=O. The fourth-order valence-corrected chi connectivity index (χ4v) is 1.52. The molecule has 0 saturated carbocycles. The summed E-state index contributed by atoms with van der Waals surface area (Å²) in [5.41, 5.74) is 0. The van der Waals surface area contributed by atoms with Gasteiger partial charge in [0.2, 0.25) is 0 Å². The molecule has 0 aliphatic rings. The van der Waals surface area contributed by atoms with Crippen LogP contribution in [0.3, 0.4) is 0 Å². The van der Waals surface area contributed by atoms with Gasteiger partial charge in [-0.3, -0.25) is 0 Å². The van der Waals surface area contributed by atoms with Gasteiger partial charge in [-0.25, -0.2) is 13.2 Å². The second-order valence-corrected chi connectivity index (χ2v) is 4.70. The number of hydrogen-bond acceptors (Lipinski definition) is 3. The second kappa shape index (κ2) is 4.30. The minimum atomic E-state index is -3.12. The monoisotopic (exact) mass is 194 g/mol. The van der Waals surface area contributed by atoms with Crippen molar-refractivity contribution in [2.45, 2.75) is 6.92 Å². The number of urea groups is 1. The van der Waals surface area contributed by atoms with E-state index >= 15 is 0 Å². The molecule has 0 rings (SSSR count). The van der Waals surface area contributed by atoms with Gasteiger partial charge in [0.1, 0.15) is 5.88 Å². The molecule has 12 heavy (non-hydrogen) atoms. The number of amides is 2. The first-order chi connectivity index (χ1) is 5.37. The van der Waals surface area contributed by atoms with E-state index in [2.05, 4.69) is 5.32 Å². The highest BCUT2D eigenvalue weighted by Crippen LogP contribution is 1.89. The Kier molecular flexibility index (Phi) is 4.02. The normalized spacial score (nSPS) is 10.9. The van der Waals surface area contributed by atoms with Gasteiger partial charge < -0.3 is 10.2 Å². The first-order valence-corrected chi connectivity index (χ1v) is 5.59. The number of carbonyl (C=O) groups is 1. The molecule has 2 amide bonds. The van der Waals surface area contributed by atoms with Gasteiger partial charge >= 0.3 is 6.03 Å². The Bertz CT molecular complexity index is 248. The Morgan fingerprint density at radius 3 is 2.33 bits per heavy atom. The lowest BCUT2D eigenvalue weighted by Gasteiger charge is -2.15. The second-order valence-electron chi connectivity index (χ2n) is 2.59. The molecule has 0 saturated heterocycles. The summed E-state index contributed by atoms with van der Waals surface area (Å²) in [6, 6.07) is -0.372. The van der Waals surface area contributed by atoms with Crippen LogP contribution >= 0.6 is 0 Å². The maximum Gasteiger partial charge on any atom is 0.317 e. The quantitative estimate of drug-likeness (QED) is 0.667. The highest BCUT2D eigenvalue weighted by molar-refractivity contribution is 7.90. The van der Waals surface area contributed by atoms with Crippen LogP contribution < -0.4 is 5.32 Å². The van der Waals surface area contributed by atoms with Crippen molar-refractivity contribution in [1.29, 1.82) is 0 Å². The van der Waals surface area contributed by atoms with Gasteiger partial charge in [0, 0.05) is 19.8 Å². The van der Waals surface area contributed by atoms with Crippen LogP contribution in [0.15, 0.2) is 0 Å². The summed E-state index contributed by atoms with van der Waals surface area (Å²) in [6.45, 7) is 2.26. The molecule has 0 aliphatic carbocycles. The zero-order chi connectivity index (χ0) is 9.78. The molecule has 0 unspecified atom stereocenters. The molecular formula is C6H14N2O3S. The van der Waals surface area contributed by atoms with Crippen LogP contribution in [-0.4, -0.2) is 45.1 Å². The third-order valence-electron chi connectivity index (χ3n) is 1.10. The highest BCUT2D eigenvalue weighted by Gasteiger charge is 2.12. The van der Waals surface area contributed by atoms with Crippen molar-refractivity contribution in [2.75, 3.05) is 25.7 Å². The van der Waals surface area contributed by atoms with E-state index in [-0.39, 0.29) is 11.9 Å². The van der Waals surface area contributed by atoms with Gasteiger partial charge in [0.25, 0.3) is 0 Å². The molecule has 0 fully saturated rings. The number of sulfone groups is 1. The zero-order valence-corrected chi connectivity index (χ0v) is 8.31. The van der Waals surface area contributed by atoms with E-state index in [9.17, 15) is 13.2 Å². The summed E-state index contributed by atoms with van der Waals surface area (Å²) in [5.74, 6) is -0.251. The number of hydrogen-bond donors (Lipinski definition) is 1. The Morgan fingerprint density at radius 2 is 2.00 bits per heavy atom. The Hall–Kier alpha value is -0.780. The van der Waals surface area contributed by atoms with Crippen LogP contribution in [0.2, 0.25) is 0 Å². The molecule has 0 radical (unpaired) electrons. The van der Waals surface area contributed by atoms with Crippen molar-refractivity contribution in [3.63, 3.8) is 0 Å². The highest BCUT2D eigenvalue weighted by atomic mass is 32.2. The van der Waals surface area contributed by atoms with E-state index in [4.69, 9.17) is 0 Å². The van der Waals surface area contributed by atoms with E-state index in [1.807, 2.05) is 0 Å². The maximum absolute atomic E-state index is 11.0. The average Bonchev–Trinajstić information content (AvgIpc) is 1.84.